The first kappa shape index (κ1) is 14.5. The third-order valence-electron chi connectivity index (χ3n) is 4.14. The minimum absolute atomic E-state index is 0.0518. The molecule has 0 aromatic heterocycles. The number of hydrogen-bond acceptors (Lipinski definition) is 3. The maximum absolute atomic E-state index is 12.6. The molecule has 1 heterocycles. The Kier molecular flexibility index (Phi) is 3.58. The van der Waals surface area contributed by atoms with E-state index in [1.54, 1.807) is 6.92 Å². The van der Waals surface area contributed by atoms with Gasteiger partial charge >= 0.3 is 6.03 Å². The fourth-order valence-corrected chi connectivity index (χ4v) is 2.82. The summed E-state index contributed by atoms with van der Waals surface area (Å²) < 4.78 is 0. The van der Waals surface area contributed by atoms with Gasteiger partial charge in [-0.05, 0) is 35.7 Å². The van der Waals surface area contributed by atoms with Gasteiger partial charge in [-0.2, -0.15) is 0 Å². The van der Waals surface area contributed by atoms with E-state index in [-0.39, 0.29) is 19.1 Å². The Morgan fingerprint density at radius 2 is 1.86 bits per heavy atom. The van der Waals surface area contributed by atoms with Crippen molar-refractivity contribution in [1.29, 1.82) is 0 Å². The van der Waals surface area contributed by atoms with Gasteiger partial charge in [0.05, 0.1) is 0 Å². The van der Waals surface area contributed by atoms with Gasteiger partial charge in [0.15, 0.2) is 0 Å². The number of urea groups is 1. The minimum atomic E-state index is -1.06. The van der Waals surface area contributed by atoms with E-state index in [1.807, 2.05) is 42.5 Å². The first-order chi connectivity index (χ1) is 10.6. The van der Waals surface area contributed by atoms with Crippen LogP contribution in [0.3, 0.4) is 0 Å². The predicted molar refractivity (Wildman–Crippen MR) is 83.2 cm³/mol. The van der Waals surface area contributed by atoms with E-state index in [0.717, 1.165) is 16.3 Å². The summed E-state index contributed by atoms with van der Waals surface area (Å²) in [6.07, 6.45) is 0.382. The fourth-order valence-electron chi connectivity index (χ4n) is 2.82. The molecule has 2 N–H and O–H groups in total. The van der Waals surface area contributed by atoms with E-state index in [9.17, 15) is 9.59 Å². The van der Waals surface area contributed by atoms with Crippen LogP contribution in [0, 0.1) is 0 Å². The van der Waals surface area contributed by atoms with Gasteiger partial charge in [0.1, 0.15) is 5.54 Å². The highest BCUT2D eigenvalue weighted by Crippen LogP contribution is 2.31. The number of nitrogens with one attached hydrogen (secondary N) is 1. The number of nitrogens with zero attached hydrogens (tertiary/aromatic N) is 1. The highest BCUT2D eigenvalue weighted by Gasteiger charge is 2.48. The van der Waals surface area contributed by atoms with Gasteiger partial charge in [-0.3, -0.25) is 9.69 Å². The predicted octanol–water partition coefficient (Wildman–Crippen LogP) is 1.99. The van der Waals surface area contributed by atoms with Crippen LogP contribution < -0.4 is 5.32 Å². The minimum Gasteiger partial charge on any atom is -0.396 e. The Morgan fingerprint density at radius 1 is 1.14 bits per heavy atom. The van der Waals surface area contributed by atoms with Crippen LogP contribution in [0.4, 0.5) is 4.79 Å². The highest BCUT2D eigenvalue weighted by molar-refractivity contribution is 6.07. The lowest BCUT2D eigenvalue weighted by Gasteiger charge is -2.22. The number of benzene rings is 2. The molecule has 1 saturated heterocycles. The summed E-state index contributed by atoms with van der Waals surface area (Å²) in [5.41, 5.74) is -0.299. The van der Waals surface area contributed by atoms with Crippen molar-refractivity contribution in [3.05, 3.63) is 48.0 Å². The lowest BCUT2D eigenvalue weighted by molar-refractivity contribution is -0.131. The Labute approximate surface area is 128 Å². The van der Waals surface area contributed by atoms with E-state index in [4.69, 9.17) is 5.11 Å². The molecule has 1 atom stereocenters. The number of rotatable bonds is 4. The normalized spacial score (nSPS) is 21.5. The number of aliphatic hydroxyl groups excluding tert-OH is 1. The van der Waals surface area contributed by atoms with Gasteiger partial charge in [0.25, 0.3) is 5.91 Å². The molecule has 5 heteroatoms. The Balaban J connectivity index is 1.98. The molecule has 1 fully saturated rings. The molecule has 1 unspecified atom stereocenters. The fraction of sp³-hybridized carbons (Fsp3) is 0.294. The van der Waals surface area contributed by atoms with Crippen molar-refractivity contribution in [2.75, 3.05) is 13.2 Å². The largest absolute Gasteiger partial charge is 0.396 e. The van der Waals surface area contributed by atoms with Gasteiger partial charge in [-0.25, -0.2) is 4.79 Å². The second-order valence-electron chi connectivity index (χ2n) is 5.65. The number of imide groups is 1. The first-order valence-corrected chi connectivity index (χ1v) is 7.30. The quantitative estimate of drug-likeness (QED) is 0.848. The molecule has 0 spiro atoms. The van der Waals surface area contributed by atoms with Crippen molar-refractivity contribution in [1.82, 2.24) is 10.2 Å². The number of amides is 3. The molecule has 5 nitrogen and oxygen atoms in total. The number of hydrogen-bond donors (Lipinski definition) is 2. The van der Waals surface area contributed by atoms with Gasteiger partial charge in [-0.15, -0.1) is 0 Å². The third kappa shape index (κ3) is 2.23. The maximum atomic E-state index is 12.6. The molecule has 2 aromatic carbocycles. The summed E-state index contributed by atoms with van der Waals surface area (Å²) in [5.74, 6) is -0.277. The third-order valence-corrected chi connectivity index (χ3v) is 4.14. The second kappa shape index (κ2) is 5.42. The lowest BCUT2D eigenvalue weighted by Crippen LogP contribution is -2.41. The Morgan fingerprint density at radius 3 is 2.59 bits per heavy atom. The Bertz CT molecular complexity index is 744. The molecule has 0 radical (unpaired) electrons. The zero-order valence-corrected chi connectivity index (χ0v) is 12.4. The second-order valence-corrected chi connectivity index (χ2v) is 5.65. The summed E-state index contributed by atoms with van der Waals surface area (Å²) >= 11 is 0. The summed E-state index contributed by atoms with van der Waals surface area (Å²) in [5, 5.41) is 13.8. The van der Waals surface area contributed by atoms with E-state index in [0.29, 0.717) is 6.42 Å². The molecule has 1 aliphatic heterocycles. The Hall–Kier alpha value is -2.40. The average molecular weight is 298 g/mol. The molecule has 0 bridgehead atoms. The number of carbonyl (C=O) groups is 2. The van der Waals surface area contributed by atoms with Gasteiger partial charge in [0, 0.05) is 13.2 Å². The van der Waals surface area contributed by atoms with Gasteiger partial charge in [-0.1, -0.05) is 36.4 Å². The van der Waals surface area contributed by atoms with Crippen molar-refractivity contribution in [3.63, 3.8) is 0 Å². The van der Waals surface area contributed by atoms with E-state index >= 15 is 0 Å². The van der Waals surface area contributed by atoms with Crippen LogP contribution in [0.15, 0.2) is 42.5 Å². The number of carbonyl (C=O) groups excluding carboxylic acids is 2. The van der Waals surface area contributed by atoms with Crippen molar-refractivity contribution in [2.24, 2.45) is 0 Å². The van der Waals surface area contributed by atoms with Crippen molar-refractivity contribution in [3.8, 4) is 0 Å². The standard InChI is InChI=1S/C17H18N2O3/c1-17(15(21)19(9-4-10-20)16(22)18-17)14-8-7-12-5-2-3-6-13(12)11-14/h2-3,5-8,11,20H,4,9-10H2,1H3,(H,18,22). The molecule has 0 saturated carbocycles. The van der Waals surface area contributed by atoms with Crippen LogP contribution in [-0.4, -0.2) is 35.1 Å². The molecule has 114 valence electrons. The number of aliphatic hydroxyl groups is 1. The van der Waals surface area contributed by atoms with Gasteiger partial charge in [0.2, 0.25) is 0 Å². The van der Waals surface area contributed by atoms with Gasteiger partial charge < -0.3 is 10.4 Å². The maximum Gasteiger partial charge on any atom is 0.325 e. The molecular formula is C17H18N2O3. The van der Waals surface area contributed by atoms with Crippen molar-refractivity contribution < 1.29 is 14.7 Å². The van der Waals surface area contributed by atoms with Crippen LogP contribution in [0.25, 0.3) is 10.8 Å². The van der Waals surface area contributed by atoms with Crippen LogP contribution in [0.2, 0.25) is 0 Å². The van der Waals surface area contributed by atoms with Crippen LogP contribution in [0.1, 0.15) is 18.9 Å². The summed E-state index contributed by atoms with van der Waals surface area (Å²) in [6, 6.07) is 13.2. The summed E-state index contributed by atoms with van der Waals surface area (Å²) in [7, 11) is 0. The average Bonchev–Trinajstić information content (AvgIpc) is 2.75. The molecule has 3 rings (SSSR count). The summed E-state index contributed by atoms with van der Waals surface area (Å²) in [4.78, 5) is 25.9. The topological polar surface area (TPSA) is 69.6 Å². The molecule has 0 aliphatic carbocycles. The lowest BCUT2D eigenvalue weighted by atomic mass is 9.90. The molecule has 2 aromatic rings. The van der Waals surface area contributed by atoms with E-state index in [1.165, 1.54) is 4.90 Å². The van der Waals surface area contributed by atoms with Crippen LogP contribution >= 0.6 is 0 Å². The number of fused-ring (bicyclic) bond motifs is 1. The molecule has 1 aliphatic rings. The molecule has 3 amide bonds. The molecule has 22 heavy (non-hydrogen) atoms. The molecular weight excluding hydrogens is 280 g/mol. The van der Waals surface area contributed by atoms with Crippen molar-refractivity contribution in [2.45, 2.75) is 18.9 Å². The SMILES string of the molecule is CC1(c2ccc3ccccc3c2)NC(=O)N(CCCO)C1=O. The van der Waals surface area contributed by atoms with Crippen LogP contribution in [0.5, 0.6) is 0 Å². The van der Waals surface area contributed by atoms with E-state index < -0.39 is 11.6 Å². The zero-order valence-electron chi connectivity index (χ0n) is 12.4. The van der Waals surface area contributed by atoms with E-state index in [2.05, 4.69) is 5.32 Å². The highest BCUT2D eigenvalue weighted by atomic mass is 16.3. The smallest absolute Gasteiger partial charge is 0.325 e. The van der Waals surface area contributed by atoms with Crippen LogP contribution in [-0.2, 0) is 10.3 Å². The monoisotopic (exact) mass is 298 g/mol. The zero-order chi connectivity index (χ0) is 15.7. The first-order valence-electron chi connectivity index (χ1n) is 7.30. The summed E-state index contributed by atoms with van der Waals surface area (Å²) in [6.45, 7) is 1.89. The van der Waals surface area contributed by atoms with Crippen molar-refractivity contribution >= 4 is 22.7 Å².